The van der Waals surface area contributed by atoms with Crippen molar-refractivity contribution in [2.75, 3.05) is 7.11 Å². The van der Waals surface area contributed by atoms with Gasteiger partial charge in [-0.3, -0.25) is 4.79 Å². The van der Waals surface area contributed by atoms with Crippen molar-refractivity contribution in [3.8, 4) is 5.88 Å². The number of ether oxygens (including phenoxy) is 1. The zero-order valence-corrected chi connectivity index (χ0v) is 8.39. The molecule has 0 spiro atoms. The van der Waals surface area contributed by atoms with Crippen LogP contribution in [0.1, 0.15) is 22.3 Å². The fourth-order valence-corrected chi connectivity index (χ4v) is 1.32. The molecule has 1 aromatic rings. The summed E-state index contributed by atoms with van der Waals surface area (Å²) in [5, 5.41) is -0.392. The average molecular weight is 237 g/mol. The summed E-state index contributed by atoms with van der Waals surface area (Å²) in [5.74, 6) is -1.15. The van der Waals surface area contributed by atoms with E-state index in [0.29, 0.717) is 0 Å². The molecule has 0 fully saturated rings. The molecule has 0 bridgehead atoms. The number of halogens is 3. The minimum atomic E-state index is -2.87. The van der Waals surface area contributed by atoms with Crippen LogP contribution in [0.2, 0.25) is 5.15 Å². The van der Waals surface area contributed by atoms with Crippen molar-refractivity contribution >= 4 is 17.5 Å². The minimum Gasteiger partial charge on any atom is -0.481 e. The zero-order chi connectivity index (χ0) is 11.6. The Morgan fingerprint density at radius 1 is 1.67 bits per heavy atom. The van der Waals surface area contributed by atoms with Gasteiger partial charge in [0.2, 0.25) is 5.88 Å². The Morgan fingerprint density at radius 2 is 2.27 bits per heavy atom. The Bertz CT molecular complexity index is 398. The van der Waals surface area contributed by atoms with Gasteiger partial charge in [0.15, 0.2) is 0 Å². The van der Waals surface area contributed by atoms with Crippen LogP contribution < -0.4 is 10.5 Å². The summed E-state index contributed by atoms with van der Waals surface area (Å²) in [6.07, 6.45) is -2.87. The molecule has 0 unspecified atom stereocenters. The fraction of sp³-hybridized carbons (Fsp3) is 0.250. The van der Waals surface area contributed by atoms with E-state index in [1.54, 1.807) is 0 Å². The number of primary amides is 1. The summed E-state index contributed by atoms with van der Waals surface area (Å²) in [6.45, 7) is 0. The SMILES string of the molecule is COc1cc(C(F)F)c(C(N)=O)c(Cl)n1. The molecule has 1 heterocycles. The van der Waals surface area contributed by atoms with Crippen LogP contribution in [0.3, 0.4) is 0 Å². The number of nitrogens with two attached hydrogens (primary N) is 1. The van der Waals surface area contributed by atoms with Gasteiger partial charge in [-0.2, -0.15) is 0 Å². The fourth-order valence-electron chi connectivity index (χ4n) is 1.03. The van der Waals surface area contributed by atoms with E-state index in [1.165, 1.54) is 7.11 Å². The predicted molar refractivity (Wildman–Crippen MR) is 49.3 cm³/mol. The van der Waals surface area contributed by atoms with Gasteiger partial charge in [-0.1, -0.05) is 11.6 Å². The van der Waals surface area contributed by atoms with Crippen molar-refractivity contribution in [2.24, 2.45) is 5.73 Å². The molecule has 15 heavy (non-hydrogen) atoms. The molecule has 0 atom stereocenters. The van der Waals surface area contributed by atoms with Crippen LogP contribution in [0, 0.1) is 0 Å². The Kier molecular flexibility index (Phi) is 3.41. The number of nitrogens with zero attached hydrogens (tertiary/aromatic N) is 1. The molecule has 0 aromatic carbocycles. The van der Waals surface area contributed by atoms with Gasteiger partial charge in [-0.05, 0) is 0 Å². The van der Waals surface area contributed by atoms with Gasteiger partial charge >= 0.3 is 0 Å². The van der Waals surface area contributed by atoms with Crippen molar-refractivity contribution in [1.29, 1.82) is 0 Å². The van der Waals surface area contributed by atoms with Crippen LogP contribution in [0.15, 0.2) is 6.07 Å². The third-order valence-electron chi connectivity index (χ3n) is 1.67. The summed E-state index contributed by atoms with van der Waals surface area (Å²) in [7, 11) is 1.25. The molecule has 0 radical (unpaired) electrons. The number of alkyl halides is 2. The summed E-state index contributed by atoms with van der Waals surface area (Å²) in [6, 6.07) is 0.927. The van der Waals surface area contributed by atoms with Gasteiger partial charge < -0.3 is 10.5 Å². The van der Waals surface area contributed by atoms with Crippen LogP contribution in [0.25, 0.3) is 0 Å². The number of hydrogen-bond acceptors (Lipinski definition) is 3. The first-order valence-electron chi connectivity index (χ1n) is 3.79. The largest absolute Gasteiger partial charge is 0.481 e. The van der Waals surface area contributed by atoms with E-state index in [0.717, 1.165) is 6.07 Å². The topological polar surface area (TPSA) is 65.2 Å². The maximum Gasteiger partial charge on any atom is 0.264 e. The second-order valence-corrected chi connectivity index (χ2v) is 2.94. The second kappa shape index (κ2) is 4.39. The van der Waals surface area contributed by atoms with Gasteiger partial charge in [-0.15, -0.1) is 0 Å². The molecule has 4 nitrogen and oxygen atoms in total. The highest BCUT2D eigenvalue weighted by Gasteiger charge is 2.22. The van der Waals surface area contributed by atoms with E-state index in [2.05, 4.69) is 9.72 Å². The molecule has 0 saturated carbocycles. The second-order valence-electron chi connectivity index (χ2n) is 2.58. The number of rotatable bonds is 3. The van der Waals surface area contributed by atoms with Gasteiger partial charge in [0.1, 0.15) is 5.15 Å². The summed E-state index contributed by atoms with van der Waals surface area (Å²) < 4.78 is 29.7. The van der Waals surface area contributed by atoms with Crippen LogP contribution in [-0.4, -0.2) is 18.0 Å². The van der Waals surface area contributed by atoms with Crippen molar-refractivity contribution < 1.29 is 18.3 Å². The zero-order valence-electron chi connectivity index (χ0n) is 7.63. The maximum atomic E-state index is 12.5. The highest BCUT2D eigenvalue weighted by Crippen LogP contribution is 2.29. The maximum absolute atomic E-state index is 12.5. The third kappa shape index (κ3) is 2.33. The number of pyridine rings is 1. The lowest BCUT2D eigenvalue weighted by atomic mass is 10.1. The summed E-state index contributed by atoms with van der Waals surface area (Å²) in [4.78, 5) is 14.4. The molecule has 1 aromatic heterocycles. The number of aromatic nitrogens is 1. The lowest BCUT2D eigenvalue weighted by Crippen LogP contribution is -2.16. The smallest absolute Gasteiger partial charge is 0.264 e. The normalized spacial score (nSPS) is 10.5. The van der Waals surface area contributed by atoms with E-state index in [4.69, 9.17) is 17.3 Å². The average Bonchev–Trinajstić information content (AvgIpc) is 2.15. The van der Waals surface area contributed by atoms with Crippen LogP contribution in [-0.2, 0) is 0 Å². The van der Waals surface area contributed by atoms with Gasteiger partial charge in [0, 0.05) is 11.6 Å². The first-order valence-corrected chi connectivity index (χ1v) is 4.17. The number of methoxy groups -OCH3 is 1. The van der Waals surface area contributed by atoms with E-state index < -0.39 is 28.6 Å². The standard InChI is InChI=1S/C8H7ClF2N2O2/c1-15-4-2-3(7(10)11)5(8(12)14)6(9)13-4/h2,7H,1H3,(H2,12,14). The number of hydrogen-bond donors (Lipinski definition) is 1. The monoisotopic (exact) mass is 236 g/mol. The van der Waals surface area contributed by atoms with E-state index in [9.17, 15) is 13.6 Å². The molecule has 2 N–H and O–H groups in total. The van der Waals surface area contributed by atoms with Crippen molar-refractivity contribution in [1.82, 2.24) is 4.98 Å². The highest BCUT2D eigenvalue weighted by atomic mass is 35.5. The van der Waals surface area contributed by atoms with Crippen molar-refractivity contribution in [2.45, 2.75) is 6.43 Å². The Labute approximate surface area is 89.0 Å². The molecule has 0 aliphatic rings. The Hall–Kier alpha value is -1.43. The molecule has 1 amide bonds. The summed E-state index contributed by atoms with van der Waals surface area (Å²) >= 11 is 5.53. The van der Waals surface area contributed by atoms with Crippen LogP contribution in [0.5, 0.6) is 5.88 Å². The molecular weight excluding hydrogens is 230 g/mol. The number of amides is 1. The van der Waals surface area contributed by atoms with Gasteiger partial charge in [-0.25, -0.2) is 13.8 Å². The first kappa shape index (κ1) is 11.6. The lowest BCUT2D eigenvalue weighted by Gasteiger charge is -2.09. The molecule has 82 valence electrons. The number of carbonyl (C=O) groups is 1. The Morgan fingerprint density at radius 3 is 2.67 bits per heavy atom. The third-order valence-corrected chi connectivity index (χ3v) is 1.95. The number of carbonyl (C=O) groups excluding carboxylic acids is 1. The van der Waals surface area contributed by atoms with E-state index >= 15 is 0 Å². The van der Waals surface area contributed by atoms with Gasteiger partial charge in [0.25, 0.3) is 12.3 Å². The summed E-state index contributed by atoms with van der Waals surface area (Å²) in [5.41, 5.74) is 3.84. The first-order chi connectivity index (χ1) is 6.97. The predicted octanol–water partition coefficient (Wildman–Crippen LogP) is 1.78. The molecule has 7 heteroatoms. The van der Waals surface area contributed by atoms with E-state index in [1.807, 2.05) is 0 Å². The van der Waals surface area contributed by atoms with Crippen molar-refractivity contribution in [3.05, 3.63) is 22.3 Å². The van der Waals surface area contributed by atoms with Gasteiger partial charge in [0.05, 0.1) is 12.7 Å². The molecule has 0 saturated heterocycles. The lowest BCUT2D eigenvalue weighted by molar-refractivity contribution is 0.0985. The molecular formula is C8H7ClF2N2O2. The van der Waals surface area contributed by atoms with E-state index in [-0.39, 0.29) is 5.88 Å². The van der Waals surface area contributed by atoms with Crippen LogP contribution in [0.4, 0.5) is 8.78 Å². The van der Waals surface area contributed by atoms with Crippen molar-refractivity contribution in [3.63, 3.8) is 0 Å². The Balaban J connectivity index is 3.42. The van der Waals surface area contributed by atoms with Crippen LogP contribution >= 0.6 is 11.6 Å². The molecule has 0 aliphatic carbocycles. The highest BCUT2D eigenvalue weighted by molar-refractivity contribution is 6.32. The quantitative estimate of drug-likeness (QED) is 0.814. The minimum absolute atomic E-state index is 0.0969. The molecule has 1 rings (SSSR count). The molecule has 0 aliphatic heterocycles.